The summed E-state index contributed by atoms with van der Waals surface area (Å²) in [6.45, 7) is 11.9. The number of rotatable bonds is 4. The molecule has 0 saturated heterocycles. The van der Waals surface area contributed by atoms with Gasteiger partial charge in [0.15, 0.2) is 0 Å². The van der Waals surface area contributed by atoms with E-state index >= 15 is 0 Å². The van der Waals surface area contributed by atoms with Crippen molar-refractivity contribution in [1.29, 1.82) is 0 Å². The van der Waals surface area contributed by atoms with Crippen LogP contribution in [0.15, 0.2) is 23.8 Å². The van der Waals surface area contributed by atoms with Crippen LogP contribution in [-0.4, -0.2) is 12.7 Å². The molecule has 0 heterocycles. The molecule has 4 atom stereocenters. The molecule has 108 valence electrons. The Morgan fingerprint density at radius 2 is 2.11 bits per heavy atom. The van der Waals surface area contributed by atoms with Gasteiger partial charge >= 0.3 is 0 Å². The highest BCUT2D eigenvalue weighted by atomic mass is 16.5. The van der Waals surface area contributed by atoms with E-state index < -0.39 is 0 Å². The Morgan fingerprint density at radius 3 is 2.79 bits per heavy atom. The predicted octanol–water partition coefficient (Wildman–Crippen LogP) is 5.13. The van der Waals surface area contributed by atoms with Crippen LogP contribution in [0, 0.1) is 17.8 Å². The zero-order valence-electron chi connectivity index (χ0n) is 13.0. The maximum atomic E-state index is 6.23. The van der Waals surface area contributed by atoms with Crippen molar-refractivity contribution in [2.45, 2.75) is 65.4 Å². The molecule has 0 spiro atoms. The van der Waals surface area contributed by atoms with Crippen LogP contribution in [0.4, 0.5) is 0 Å². The first kappa shape index (κ1) is 14.8. The Bertz CT molecular complexity index is 342. The highest BCUT2D eigenvalue weighted by Crippen LogP contribution is 2.33. The molecule has 19 heavy (non-hydrogen) atoms. The fourth-order valence-corrected chi connectivity index (χ4v) is 3.59. The van der Waals surface area contributed by atoms with Gasteiger partial charge in [0.2, 0.25) is 0 Å². The molecule has 2 aliphatic carbocycles. The normalized spacial score (nSPS) is 35.8. The molecule has 0 aromatic heterocycles. The fraction of sp³-hybridized carbons (Fsp3) is 0.778. The van der Waals surface area contributed by atoms with E-state index in [1.807, 2.05) is 0 Å². The van der Waals surface area contributed by atoms with E-state index in [1.54, 1.807) is 0 Å². The highest BCUT2D eigenvalue weighted by molar-refractivity contribution is 5.14. The van der Waals surface area contributed by atoms with Gasteiger partial charge in [0.25, 0.3) is 0 Å². The summed E-state index contributed by atoms with van der Waals surface area (Å²) >= 11 is 0. The highest BCUT2D eigenvalue weighted by Gasteiger charge is 2.25. The van der Waals surface area contributed by atoms with E-state index in [0.29, 0.717) is 12.0 Å². The van der Waals surface area contributed by atoms with E-state index in [-0.39, 0.29) is 0 Å². The lowest BCUT2D eigenvalue weighted by Crippen LogP contribution is -2.27. The van der Waals surface area contributed by atoms with Gasteiger partial charge in [-0.2, -0.15) is 0 Å². The van der Waals surface area contributed by atoms with E-state index in [2.05, 4.69) is 33.4 Å². The number of ether oxygens (including phenoxy) is 1. The average Bonchev–Trinajstić information content (AvgIpc) is 2.37. The van der Waals surface area contributed by atoms with Crippen molar-refractivity contribution in [3.05, 3.63) is 23.8 Å². The van der Waals surface area contributed by atoms with Crippen molar-refractivity contribution in [1.82, 2.24) is 0 Å². The quantitative estimate of drug-likeness (QED) is 0.638. The van der Waals surface area contributed by atoms with E-state index in [0.717, 1.165) is 24.9 Å². The first-order valence-corrected chi connectivity index (χ1v) is 8.00. The summed E-state index contributed by atoms with van der Waals surface area (Å²) in [4.78, 5) is 0. The Balaban J connectivity index is 1.84. The molecule has 0 bridgehead atoms. The summed E-state index contributed by atoms with van der Waals surface area (Å²) in [6, 6.07) is 0. The summed E-state index contributed by atoms with van der Waals surface area (Å²) in [7, 11) is 0. The van der Waals surface area contributed by atoms with Gasteiger partial charge < -0.3 is 4.74 Å². The van der Waals surface area contributed by atoms with Crippen LogP contribution >= 0.6 is 0 Å². The third kappa shape index (κ3) is 4.21. The largest absolute Gasteiger partial charge is 0.374 e. The lowest BCUT2D eigenvalue weighted by molar-refractivity contribution is 0.0181. The molecular formula is C18H30O. The minimum atomic E-state index is 0.324. The summed E-state index contributed by atoms with van der Waals surface area (Å²) in [5, 5.41) is 0. The van der Waals surface area contributed by atoms with Crippen molar-refractivity contribution in [3.63, 3.8) is 0 Å². The molecule has 0 aromatic rings. The molecule has 0 aromatic carbocycles. The number of hydrogen-bond donors (Lipinski definition) is 0. The van der Waals surface area contributed by atoms with Crippen LogP contribution in [0.1, 0.15) is 59.3 Å². The standard InChI is InChI=1S/C18H30O/c1-13(2)17-9-14(3)10-18(11-17)19-12-16-8-6-5-7-15(16)4/h10,15-18H,1,5-9,11-12H2,2-4H3. The van der Waals surface area contributed by atoms with Crippen LogP contribution in [0.3, 0.4) is 0 Å². The van der Waals surface area contributed by atoms with Crippen molar-refractivity contribution in [2.24, 2.45) is 17.8 Å². The minimum Gasteiger partial charge on any atom is -0.374 e. The van der Waals surface area contributed by atoms with Gasteiger partial charge in [-0.05, 0) is 50.9 Å². The monoisotopic (exact) mass is 262 g/mol. The second-order valence-electron chi connectivity index (χ2n) is 6.89. The predicted molar refractivity (Wildman–Crippen MR) is 82.2 cm³/mol. The van der Waals surface area contributed by atoms with Crippen molar-refractivity contribution in [3.8, 4) is 0 Å². The van der Waals surface area contributed by atoms with E-state index in [4.69, 9.17) is 4.74 Å². The number of allylic oxidation sites excluding steroid dienone is 2. The second kappa shape index (κ2) is 6.74. The van der Waals surface area contributed by atoms with E-state index in [9.17, 15) is 0 Å². The molecular weight excluding hydrogens is 232 g/mol. The third-order valence-corrected chi connectivity index (χ3v) is 5.07. The van der Waals surface area contributed by atoms with Gasteiger partial charge in [0.1, 0.15) is 0 Å². The van der Waals surface area contributed by atoms with Gasteiger partial charge in [0, 0.05) is 0 Å². The molecule has 0 amide bonds. The van der Waals surface area contributed by atoms with Crippen LogP contribution in [0.2, 0.25) is 0 Å². The van der Waals surface area contributed by atoms with E-state index in [1.165, 1.54) is 43.3 Å². The maximum Gasteiger partial charge on any atom is 0.0764 e. The molecule has 1 fully saturated rings. The second-order valence-corrected chi connectivity index (χ2v) is 6.89. The Hall–Kier alpha value is -0.560. The molecule has 4 unspecified atom stereocenters. The van der Waals surface area contributed by atoms with Crippen LogP contribution in [0.25, 0.3) is 0 Å². The van der Waals surface area contributed by atoms with Crippen molar-refractivity contribution >= 4 is 0 Å². The lowest BCUT2D eigenvalue weighted by atomic mass is 9.80. The van der Waals surface area contributed by atoms with Gasteiger partial charge in [-0.25, -0.2) is 0 Å². The molecule has 2 rings (SSSR count). The SMILES string of the molecule is C=C(C)C1CC(C)=CC(OCC2CCCCC2C)C1. The molecule has 1 saturated carbocycles. The molecule has 1 nitrogen and oxygen atoms in total. The van der Waals surface area contributed by atoms with Gasteiger partial charge in [-0.1, -0.05) is 50.0 Å². The lowest BCUT2D eigenvalue weighted by Gasteiger charge is -2.32. The zero-order chi connectivity index (χ0) is 13.8. The Labute approximate surface area is 119 Å². The molecule has 1 heteroatoms. The maximum absolute atomic E-state index is 6.23. The zero-order valence-corrected chi connectivity index (χ0v) is 13.0. The Kier molecular flexibility index (Phi) is 5.27. The summed E-state index contributed by atoms with van der Waals surface area (Å²) in [5.74, 6) is 2.26. The first-order chi connectivity index (χ1) is 9.06. The minimum absolute atomic E-state index is 0.324. The van der Waals surface area contributed by atoms with Crippen molar-refractivity contribution < 1.29 is 4.74 Å². The van der Waals surface area contributed by atoms with Gasteiger partial charge in [0.05, 0.1) is 12.7 Å². The fourth-order valence-electron chi connectivity index (χ4n) is 3.59. The first-order valence-electron chi connectivity index (χ1n) is 8.00. The number of hydrogen-bond acceptors (Lipinski definition) is 1. The third-order valence-electron chi connectivity index (χ3n) is 5.07. The molecule has 0 N–H and O–H groups in total. The van der Waals surface area contributed by atoms with Crippen LogP contribution < -0.4 is 0 Å². The van der Waals surface area contributed by atoms with Crippen LogP contribution in [-0.2, 0) is 4.74 Å². The summed E-state index contributed by atoms with van der Waals surface area (Å²) in [5.41, 5.74) is 2.79. The van der Waals surface area contributed by atoms with Gasteiger partial charge in [-0.15, -0.1) is 0 Å². The van der Waals surface area contributed by atoms with Gasteiger partial charge in [-0.3, -0.25) is 0 Å². The smallest absolute Gasteiger partial charge is 0.0764 e. The van der Waals surface area contributed by atoms with Crippen molar-refractivity contribution in [2.75, 3.05) is 6.61 Å². The topological polar surface area (TPSA) is 9.23 Å². The average molecular weight is 262 g/mol. The summed E-state index contributed by atoms with van der Waals surface area (Å²) in [6.07, 6.45) is 10.5. The Morgan fingerprint density at radius 1 is 1.37 bits per heavy atom. The molecule has 0 aliphatic heterocycles. The molecule has 2 aliphatic rings. The molecule has 0 radical (unpaired) electrons. The summed E-state index contributed by atoms with van der Waals surface area (Å²) < 4.78 is 6.23. The van der Waals surface area contributed by atoms with Crippen LogP contribution in [0.5, 0.6) is 0 Å².